The molecule has 0 saturated heterocycles. The summed E-state index contributed by atoms with van der Waals surface area (Å²) in [6.45, 7) is -5.86. The van der Waals surface area contributed by atoms with Crippen molar-refractivity contribution in [3.8, 4) is 5.75 Å². The Labute approximate surface area is 137 Å². The molecule has 0 amide bonds. The van der Waals surface area contributed by atoms with Crippen molar-refractivity contribution >= 4 is 33.2 Å². The molecule has 2 rings (SSSR count). The molecule has 2 N–H and O–H groups in total. The van der Waals surface area contributed by atoms with Gasteiger partial charge in [0.1, 0.15) is 0 Å². The van der Waals surface area contributed by atoms with Crippen LogP contribution in [0.25, 0.3) is 0 Å². The molecule has 1 heterocycles. The summed E-state index contributed by atoms with van der Waals surface area (Å²) in [5.74, 6) is -1.99. The number of nitrogens with zero attached hydrogens (tertiary/aromatic N) is 2. The van der Waals surface area contributed by atoms with Gasteiger partial charge in [-0.1, -0.05) is 30.1 Å². The molecule has 0 atom stereocenters. The van der Waals surface area contributed by atoms with E-state index in [0.717, 1.165) is 12.3 Å². The molecule has 0 aliphatic carbocycles. The monoisotopic (exact) mass is 363 g/mol. The van der Waals surface area contributed by atoms with Gasteiger partial charge in [0, 0.05) is 19.5 Å². The Hall–Kier alpha value is -1.53. The predicted molar refractivity (Wildman–Crippen MR) is 82.2 cm³/mol. The number of anilines is 1. The van der Waals surface area contributed by atoms with Crippen LogP contribution in [0.2, 0.25) is 5.02 Å². The smallest absolute Gasteiger partial charge is 0.307 e. The van der Waals surface area contributed by atoms with E-state index < -0.39 is 30.7 Å². The molecule has 1 aromatic carbocycles. The molecule has 0 aliphatic heterocycles. The maximum atomic E-state index is 12.6. The van der Waals surface area contributed by atoms with E-state index in [1.807, 2.05) is 0 Å². The van der Waals surface area contributed by atoms with Gasteiger partial charge in [0.15, 0.2) is 5.75 Å². The van der Waals surface area contributed by atoms with Crippen molar-refractivity contribution in [1.29, 1.82) is 0 Å². The van der Waals surface area contributed by atoms with Crippen LogP contribution >= 0.6 is 27.5 Å². The minimum atomic E-state index is -2.93. The Bertz CT molecular complexity index is 846. The average molecular weight is 365 g/mol. The van der Waals surface area contributed by atoms with Crippen LogP contribution in [0.4, 0.5) is 5.69 Å². The van der Waals surface area contributed by atoms with Crippen molar-refractivity contribution in [3.05, 3.63) is 49.8 Å². The molecule has 0 bridgehead atoms. The summed E-state index contributed by atoms with van der Waals surface area (Å²) in [6.07, 6.45) is 1.07. The van der Waals surface area contributed by atoms with Crippen molar-refractivity contribution in [1.82, 2.24) is 9.94 Å². The summed E-state index contributed by atoms with van der Waals surface area (Å²) >= 11 is 9.20. The molecule has 1 aromatic heterocycles. The first-order chi connectivity index (χ1) is 11.8. The number of nitrogen functional groups attached to an aromatic ring is 1. The zero-order valence-corrected chi connectivity index (χ0v) is 12.3. The summed E-state index contributed by atoms with van der Waals surface area (Å²) in [5.41, 5.74) is 4.48. The third-order valence-corrected chi connectivity index (χ3v) is 3.23. The quantitative estimate of drug-likeness (QED) is 0.849. The van der Waals surface area contributed by atoms with E-state index in [2.05, 4.69) is 21.0 Å². The molecule has 0 radical (unpaired) electrons. The van der Waals surface area contributed by atoms with Gasteiger partial charge in [-0.3, -0.25) is 4.79 Å². The lowest BCUT2D eigenvalue weighted by atomic mass is 10.1. The fourth-order valence-corrected chi connectivity index (χ4v) is 2.37. The second-order valence-corrected chi connectivity index (χ2v) is 5.06. The van der Waals surface area contributed by atoms with Crippen LogP contribution in [-0.4, -0.2) is 9.94 Å². The number of rotatable bonds is 3. The molecule has 7 heteroatoms. The molecule has 0 fully saturated rings. The molecule has 0 aliphatic rings. The first kappa shape index (κ1) is 8.69. The molecule has 2 aromatic rings. The lowest BCUT2D eigenvalue weighted by Gasteiger charge is -2.12. The van der Waals surface area contributed by atoms with Crippen LogP contribution in [0.15, 0.2) is 33.7 Å². The van der Waals surface area contributed by atoms with Gasteiger partial charge in [-0.25, -0.2) is 0 Å². The second kappa shape index (κ2) is 5.85. The summed E-state index contributed by atoms with van der Waals surface area (Å²) < 4.78 is 45.2. The summed E-state index contributed by atoms with van der Waals surface area (Å²) in [5, 5.41) is 3.76. The zero-order valence-electron chi connectivity index (χ0n) is 15.9. The second-order valence-electron chi connectivity index (χ2n) is 3.80. The van der Waals surface area contributed by atoms with Crippen LogP contribution in [-0.2, 0) is 0 Å². The lowest BCUT2D eigenvalue weighted by Crippen LogP contribution is -2.30. The highest BCUT2D eigenvalue weighted by atomic mass is 79.9. The minimum absolute atomic E-state index is 0.00642. The highest BCUT2D eigenvalue weighted by molar-refractivity contribution is 9.10. The van der Waals surface area contributed by atoms with Crippen LogP contribution in [0.1, 0.15) is 33.4 Å². The summed E-state index contributed by atoms with van der Waals surface area (Å²) in [4.78, 5) is 18.4. The van der Waals surface area contributed by atoms with E-state index in [1.54, 1.807) is 0 Å². The van der Waals surface area contributed by atoms with Crippen LogP contribution in [0.3, 0.4) is 0 Å². The molecule has 20 heavy (non-hydrogen) atoms. The molecular weight excluding hydrogens is 346 g/mol. The summed E-state index contributed by atoms with van der Waals surface area (Å²) in [7, 11) is 0. The van der Waals surface area contributed by atoms with Crippen molar-refractivity contribution in [2.24, 2.45) is 0 Å². The number of benzene rings is 1. The average Bonchev–Trinajstić information content (AvgIpc) is 2.43. The molecule has 5 nitrogen and oxygen atoms in total. The fourth-order valence-electron chi connectivity index (χ4n) is 1.45. The van der Waals surface area contributed by atoms with Crippen LogP contribution in [0.5, 0.6) is 5.75 Å². The third-order valence-electron chi connectivity index (χ3n) is 2.36. The largest absolute Gasteiger partial charge is 0.399 e. The van der Waals surface area contributed by atoms with Gasteiger partial charge in [-0.2, -0.15) is 0 Å². The number of hydrogen-bond donors (Lipinski definition) is 1. The number of aromatic nitrogens is 2. The molecule has 106 valence electrons. The topological polar surface area (TPSA) is 70.1 Å². The Kier molecular flexibility index (Phi) is 2.54. The van der Waals surface area contributed by atoms with Crippen molar-refractivity contribution in [3.63, 3.8) is 0 Å². The first-order valence-electron chi connectivity index (χ1n) is 8.33. The molecule has 0 unspecified atom stereocenters. The number of nitrogens with two attached hydrogens (primary N) is 1. The van der Waals surface area contributed by atoms with Crippen molar-refractivity contribution in [2.45, 2.75) is 19.6 Å². The van der Waals surface area contributed by atoms with Gasteiger partial charge in [-0.15, -0.1) is 5.10 Å². The van der Waals surface area contributed by atoms with E-state index in [0.29, 0.717) is 15.0 Å². The molecular formula is C13H13BrClN3O2. The van der Waals surface area contributed by atoms with Gasteiger partial charge in [-0.05, 0) is 40.0 Å². The SMILES string of the molecule is [2H]C([2H])([2H])C(c1ccnn(Oc2c(Cl)cc(N)cc2Br)c1=O)C([2H])([2H])[2H]. The Morgan fingerprint density at radius 2 is 2.30 bits per heavy atom. The van der Waals surface area contributed by atoms with Crippen LogP contribution in [0, 0.1) is 0 Å². The van der Waals surface area contributed by atoms with Crippen LogP contribution < -0.4 is 16.1 Å². The van der Waals surface area contributed by atoms with Gasteiger partial charge in [0.25, 0.3) is 0 Å². The van der Waals surface area contributed by atoms with E-state index >= 15 is 0 Å². The van der Waals surface area contributed by atoms with E-state index in [4.69, 9.17) is 30.4 Å². The van der Waals surface area contributed by atoms with Gasteiger partial charge >= 0.3 is 5.56 Å². The van der Waals surface area contributed by atoms with Gasteiger partial charge in [0.2, 0.25) is 0 Å². The fraction of sp³-hybridized carbons (Fsp3) is 0.231. The third kappa shape index (κ3) is 2.96. The standard InChI is InChI=1S/C13H13BrClN3O2/c1-7(2)9-3-4-17-18(13(9)19)20-12-10(14)5-8(16)6-11(12)15/h3-7H,16H2,1-2H3/i1D3,2D3. The molecule has 0 saturated carbocycles. The minimum Gasteiger partial charge on any atom is -0.399 e. The Morgan fingerprint density at radius 3 is 2.95 bits per heavy atom. The van der Waals surface area contributed by atoms with Gasteiger partial charge in [0.05, 0.1) is 15.7 Å². The maximum absolute atomic E-state index is 12.6. The van der Waals surface area contributed by atoms with E-state index in [9.17, 15) is 4.79 Å². The molecule has 0 spiro atoms. The van der Waals surface area contributed by atoms with E-state index in [1.165, 1.54) is 12.1 Å². The number of halogens is 2. The first-order valence-corrected chi connectivity index (χ1v) is 6.50. The summed E-state index contributed by atoms with van der Waals surface area (Å²) in [6, 6.07) is 3.90. The Balaban J connectivity index is 2.56. The highest BCUT2D eigenvalue weighted by Gasteiger charge is 2.14. The highest BCUT2D eigenvalue weighted by Crippen LogP contribution is 2.35. The lowest BCUT2D eigenvalue weighted by molar-refractivity contribution is 0.161. The number of hydrogen-bond acceptors (Lipinski definition) is 4. The predicted octanol–water partition coefficient (Wildman–Crippen LogP) is 3.21. The van der Waals surface area contributed by atoms with E-state index in [-0.39, 0.29) is 10.8 Å². The van der Waals surface area contributed by atoms with Gasteiger partial charge < -0.3 is 10.6 Å². The van der Waals surface area contributed by atoms with Crippen molar-refractivity contribution < 1.29 is 13.1 Å². The zero-order chi connectivity index (χ0) is 19.9. The normalized spacial score (nSPS) is 16.6. The Morgan fingerprint density at radius 1 is 1.55 bits per heavy atom. The maximum Gasteiger partial charge on any atom is 0.307 e. The van der Waals surface area contributed by atoms with Crippen molar-refractivity contribution in [2.75, 3.05) is 5.73 Å².